The first kappa shape index (κ1) is 17.3. The lowest BCUT2D eigenvalue weighted by molar-refractivity contribution is 0.439. The Morgan fingerprint density at radius 2 is 1.65 bits per heavy atom. The first-order valence-corrected chi connectivity index (χ1v) is 8.47. The molecule has 2 atom stereocenters. The van der Waals surface area contributed by atoms with Crippen LogP contribution in [0.25, 0.3) is 0 Å². The second-order valence-electron chi connectivity index (χ2n) is 6.99. The molecule has 1 rings (SSSR count). The summed E-state index contributed by atoms with van der Waals surface area (Å²) in [5.74, 6) is 2.25. The van der Waals surface area contributed by atoms with E-state index in [9.17, 15) is 0 Å². The van der Waals surface area contributed by atoms with Crippen LogP contribution in [0.15, 0.2) is 0 Å². The van der Waals surface area contributed by atoms with E-state index in [1.807, 2.05) is 0 Å². The van der Waals surface area contributed by atoms with E-state index in [1.165, 1.54) is 36.5 Å². The van der Waals surface area contributed by atoms with Crippen LogP contribution in [-0.4, -0.2) is 9.97 Å². The van der Waals surface area contributed by atoms with Crippen LogP contribution >= 0.6 is 0 Å². The Morgan fingerprint density at radius 1 is 1.05 bits per heavy atom. The van der Waals surface area contributed by atoms with Crippen LogP contribution in [0, 0.1) is 0 Å². The number of aromatic amines is 1. The second-order valence-corrected chi connectivity index (χ2v) is 6.99. The zero-order chi connectivity index (χ0) is 15.3. The number of hydrogen-bond acceptors (Lipinski definition) is 1. The van der Waals surface area contributed by atoms with E-state index in [0.717, 1.165) is 12.8 Å². The molecule has 2 unspecified atom stereocenters. The van der Waals surface area contributed by atoms with Crippen molar-refractivity contribution < 1.29 is 0 Å². The summed E-state index contributed by atoms with van der Waals surface area (Å²) in [4.78, 5) is 8.66. The molecule has 1 aromatic heterocycles. The van der Waals surface area contributed by atoms with Gasteiger partial charge in [0.1, 0.15) is 5.82 Å². The zero-order valence-corrected chi connectivity index (χ0v) is 14.6. The van der Waals surface area contributed by atoms with Crippen molar-refractivity contribution in [1.82, 2.24) is 9.97 Å². The molecular formula is C18H34N2. The average Bonchev–Trinajstić information content (AvgIpc) is 2.89. The van der Waals surface area contributed by atoms with Gasteiger partial charge in [-0.3, -0.25) is 0 Å². The van der Waals surface area contributed by atoms with Gasteiger partial charge in [-0.1, -0.05) is 61.3 Å². The maximum Gasteiger partial charge on any atom is 0.109 e. The summed E-state index contributed by atoms with van der Waals surface area (Å²) >= 11 is 0. The summed E-state index contributed by atoms with van der Waals surface area (Å²) in [5.41, 5.74) is 2.90. The first-order chi connectivity index (χ1) is 9.37. The van der Waals surface area contributed by atoms with Crippen molar-refractivity contribution in [3.05, 3.63) is 17.2 Å². The highest BCUT2D eigenvalue weighted by Gasteiger charge is 2.29. The van der Waals surface area contributed by atoms with Gasteiger partial charge in [0.15, 0.2) is 0 Å². The van der Waals surface area contributed by atoms with Crippen LogP contribution < -0.4 is 0 Å². The summed E-state index contributed by atoms with van der Waals surface area (Å²) in [6, 6.07) is 0. The van der Waals surface area contributed by atoms with Gasteiger partial charge in [0.25, 0.3) is 0 Å². The molecule has 0 aliphatic rings. The van der Waals surface area contributed by atoms with E-state index < -0.39 is 0 Å². The molecule has 1 heterocycles. The van der Waals surface area contributed by atoms with Gasteiger partial charge in [-0.2, -0.15) is 0 Å². The van der Waals surface area contributed by atoms with Crippen LogP contribution in [-0.2, 0) is 5.41 Å². The van der Waals surface area contributed by atoms with Crippen LogP contribution in [0.2, 0.25) is 0 Å². The van der Waals surface area contributed by atoms with Gasteiger partial charge in [-0.15, -0.1) is 0 Å². The standard InChI is InChI=1S/C18H34N2/c1-8-11-12-18(6,7)16-15(13(4)9-2)19-17(20-16)14(5)10-3/h13-14H,8-12H2,1-7H3,(H,19,20). The molecule has 116 valence electrons. The van der Waals surface area contributed by atoms with Gasteiger partial charge in [-0.25, -0.2) is 4.98 Å². The fraction of sp³-hybridized carbons (Fsp3) is 0.833. The molecule has 0 amide bonds. The lowest BCUT2D eigenvalue weighted by atomic mass is 9.81. The molecule has 0 aromatic carbocycles. The van der Waals surface area contributed by atoms with Gasteiger partial charge in [0, 0.05) is 17.0 Å². The number of rotatable bonds is 8. The third-order valence-corrected chi connectivity index (χ3v) is 4.74. The van der Waals surface area contributed by atoms with E-state index in [-0.39, 0.29) is 5.41 Å². The molecule has 0 fully saturated rings. The second kappa shape index (κ2) is 7.28. The van der Waals surface area contributed by atoms with Crippen molar-refractivity contribution in [1.29, 1.82) is 0 Å². The van der Waals surface area contributed by atoms with E-state index in [1.54, 1.807) is 0 Å². The zero-order valence-electron chi connectivity index (χ0n) is 14.6. The molecule has 0 saturated heterocycles. The van der Waals surface area contributed by atoms with Gasteiger partial charge in [0.05, 0.1) is 5.69 Å². The maximum absolute atomic E-state index is 4.97. The lowest BCUT2D eigenvalue weighted by Gasteiger charge is -2.26. The Labute approximate surface area is 125 Å². The fourth-order valence-corrected chi connectivity index (χ4v) is 2.64. The highest BCUT2D eigenvalue weighted by molar-refractivity contribution is 5.27. The van der Waals surface area contributed by atoms with Crippen LogP contribution in [0.5, 0.6) is 0 Å². The number of imidazole rings is 1. The van der Waals surface area contributed by atoms with Crippen molar-refractivity contribution in [2.75, 3.05) is 0 Å². The van der Waals surface area contributed by atoms with E-state index >= 15 is 0 Å². The summed E-state index contributed by atoms with van der Waals surface area (Å²) in [6.45, 7) is 16.1. The summed E-state index contributed by atoms with van der Waals surface area (Å²) < 4.78 is 0. The Morgan fingerprint density at radius 3 is 2.15 bits per heavy atom. The maximum atomic E-state index is 4.97. The van der Waals surface area contributed by atoms with Crippen molar-refractivity contribution in [2.24, 2.45) is 0 Å². The molecular weight excluding hydrogens is 244 g/mol. The molecule has 0 radical (unpaired) electrons. The van der Waals surface area contributed by atoms with Crippen molar-refractivity contribution in [2.45, 2.75) is 97.8 Å². The summed E-state index contributed by atoms with van der Waals surface area (Å²) in [6.07, 6.45) is 6.07. The minimum atomic E-state index is 0.202. The smallest absolute Gasteiger partial charge is 0.109 e. The summed E-state index contributed by atoms with van der Waals surface area (Å²) in [5, 5.41) is 0. The topological polar surface area (TPSA) is 28.7 Å². The van der Waals surface area contributed by atoms with E-state index in [2.05, 4.69) is 53.5 Å². The molecule has 0 bridgehead atoms. The number of unbranched alkanes of at least 4 members (excludes halogenated alkanes) is 1. The molecule has 0 saturated carbocycles. The van der Waals surface area contributed by atoms with Crippen molar-refractivity contribution in [3.63, 3.8) is 0 Å². The van der Waals surface area contributed by atoms with Crippen molar-refractivity contribution in [3.8, 4) is 0 Å². The molecule has 0 aliphatic carbocycles. The van der Waals surface area contributed by atoms with Crippen molar-refractivity contribution >= 4 is 0 Å². The third kappa shape index (κ3) is 3.86. The number of aromatic nitrogens is 2. The first-order valence-electron chi connectivity index (χ1n) is 8.47. The fourth-order valence-electron chi connectivity index (χ4n) is 2.64. The van der Waals surface area contributed by atoms with Crippen LogP contribution in [0.3, 0.4) is 0 Å². The quantitative estimate of drug-likeness (QED) is 0.629. The van der Waals surface area contributed by atoms with E-state index in [4.69, 9.17) is 4.98 Å². The van der Waals surface area contributed by atoms with Gasteiger partial charge in [-0.05, 0) is 25.2 Å². The molecule has 20 heavy (non-hydrogen) atoms. The predicted molar refractivity (Wildman–Crippen MR) is 88.6 cm³/mol. The number of hydrogen-bond donors (Lipinski definition) is 1. The Balaban J connectivity index is 3.17. The largest absolute Gasteiger partial charge is 0.345 e. The van der Waals surface area contributed by atoms with Gasteiger partial charge >= 0.3 is 0 Å². The van der Waals surface area contributed by atoms with Crippen LogP contribution in [0.4, 0.5) is 0 Å². The van der Waals surface area contributed by atoms with Crippen LogP contribution in [0.1, 0.15) is 110 Å². The SMILES string of the molecule is CCCCC(C)(C)c1[nH]c(C(C)CC)nc1C(C)CC. The Hall–Kier alpha value is -0.790. The molecule has 2 nitrogen and oxygen atoms in total. The third-order valence-electron chi connectivity index (χ3n) is 4.74. The normalized spacial score (nSPS) is 15.3. The Kier molecular flexibility index (Phi) is 6.29. The van der Waals surface area contributed by atoms with E-state index in [0.29, 0.717) is 11.8 Å². The van der Waals surface area contributed by atoms with Gasteiger partial charge < -0.3 is 4.98 Å². The number of nitrogens with zero attached hydrogens (tertiary/aromatic N) is 1. The molecule has 1 N–H and O–H groups in total. The lowest BCUT2D eigenvalue weighted by Crippen LogP contribution is -2.20. The molecule has 0 aliphatic heterocycles. The highest BCUT2D eigenvalue weighted by Crippen LogP contribution is 2.35. The molecule has 0 spiro atoms. The number of H-pyrrole nitrogens is 1. The van der Waals surface area contributed by atoms with Gasteiger partial charge in [0.2, 0.25) is 0 Å². The molecule has 2 heteroatoms. The Bertz CT molecular complexity index is 404. The molecule has 1 aromatic rings. The summed E-state index contributed by atoms with van der Waals surface area (Å²) in [7, 11) is 0. The predicted octanol–water partition coefficient (Wildman–Crippen LogP) is 5.90. The number of nitrogens with one attached hydrogen (secondary N) is 1. The minimum Gasteiger partial charge on any atom is -0.345 e. The average molecular weight is 278 g/mol. The highest BCUT2D eigenvalue weighted by atomic mass is 15.0. The monoisotopic (exact) mass is 278 g/mol. The minimum absolute atomic E-state index is 0.202.